The Kier molecular flexibility index (Phi) is 6.01. The molecule has 1 heterocycles. The Morgan fingerprint density at radius 3 is 2.23 bits per heavy atom. The highest BCUT2D eigenvalue weighted by Gasteiger charge is 2.50. The summed E-state index contributed by atoms with van der Waals surface area (Å²) in [5.41, 5.74) is 2.15. The lowest BCUT2D eigenvalue weighted by atomic mass is 9.88. The highest BCUT2D eigenvalue weighted by Crippen LogP contribution is 2.42. The molecule has 158 valence electrons. The number of fused-ring (bicyclic) bond motifs is 1. The molecule has 1 amide bonds. The van der Waals surface area contributed by atoms with Crippen LogP contribution in [0.4, 0.5) is 5.69 Å². The zero-order valence-electron chi connectivity index (χ0n) is 17.8. The smallest absolute Gasteiger partial charge is 0.264 e. The molecule has 4 rings (SSSR count). The molecular weight excluding hydrogens is 386 g/mol. The maximum absolute atomic E-state index is 13.3. The number of aliphatic hydroxyl groups is 1. The van der Waals surface area contributed by atoms with Crippen molar-refractivity contribution in [3.63, 3.8) is 0 Å². The van der Waals surface area contributed by atoms with E-state index in [0.29, 0.717) is 29.8 Å². The molecular formula is C27H27NO3. The number of hydrogen-bond acceptors (Lipinski definition) is 3. The molecule has 0 fully saturated rings. The molecule has 0 saturated heterocycles. The molecule has 1 atom stereocenters. The average Bonchev–Trinajstić information content (AvgIpc) is 3.00. The van der Waals surface area contributed by atoms with Crippen molar-refractivity contribution >= 4 is 17.4 Å². The maximum Gasteiger partial charge on any atom is 0.264 e. The zero-order chi connectivity index (χ0) is 21.8. The first-order valence-corrected chi connectivity index (χ1v) is 10.8. The lowest BCUT2D eigenvalue weighted by Gasteiger charge is -2.23. The Bertz CT molecular complexity index is 1080. The summed E-state index contributed by atoms with van der Waals surface area (Å²) in [5.74, 6) is -0.667. The predicted octanol–water partition coefficient (Wildman–Crippen LogP) is 4.69. The molecule has 0 saturated carbocycles. The molecule has 4 heteroatoms. The summed E-state index contributed by atoms with van der Waals surface area (Å²) < 4.78 is 0. The van der Waals surface area contributed by atoms with E-state index in [1.807, 2.05) is 54.6 Å². The van der Waals surface area contributed by atoms with Crippen LogP contribution in [0.3, 0.4) is 0 Å². The van der Waals surface area contributed by atoms with E-state index in [1.54, 1.807) is 29.2 Å². The van der Waals surface area contributed by atoms with Gasteiger partial charge in [-0.3, -0.25) is 9.59 Å². The molecule has 3 aromatic carbocycles. The summed E-state index contributed by atoms with van der Waals surface area (Å²) in [6.07, 6.45) is 2.40. The predicted molar refractivity (Wildman–Crippen MR) is 122 cm³/mol. The summed E-state index contributed by atoms with van der Waals surface area (Å²) in [7, 11) is 0. The summed E-state index contributed by atoms with van der Waals surface area (Å²) in [6, 6.07) is 24.6. The van der Waals surface area contributed by atoms with Crippen molar-refractivity contribution in [2.75, 3.05) is 11.4 Å². The van der Waals surface area contributed by atoms with Gasteiger partial charge in [0, 0.05) is 17.7 Å². The van der Waals surface area contributed by atoms with Crippen molar-refractivity contribution in [1.29, 1.82) is 0 Å². The van der Waals surface area contributed by atoms with Gasteiger partial charge >= 0.3 is 0 Å². The van der Waals surface area contributed by atoms with E-state index in [9.17, 15) is 14.7 Å². The molecule has 0 aromatic heterocycles. The van der Waals surface area contributed by atoms with Crippen molar-refractivity contribution < 1.29 is 14.7 Å². The van der Waals surface area contributed by atoms with Crippen LogP contribution in [0.1, 0.15) is 46.8 Å². The van der Waals surface area contributed by atoms with Crippen molar-refractivity contribution in [2.45, 2.75) is 38.2 Å². The number of aryl methyl sites for hydroxylation is 1. The second kappa shape index (κ2) is 8.86. The highest BCUT2D eigenvalue weighted by atomic mass is 16.3. The van der Waals surface area contributed by atoms with Crippen LogP contribution in [0.2, 0.25) is 0 Å². The Labute approximate surface area is 183 Å². The van der Waals surface area contributed by atoms with Gasteiger partial charge in [0.25, 0.3) is 5.91 Å². The number of benzene rings is 3. The molecule has 0 aliphatic carbocycles. The van der Waals surface area contributed by atoms with Crippen LogP contribution in [0.5, 0.6) is 0 Å². The first kappa shape index (κ1) is 21.0. The molecule has 1 unspecified atom stereocenters. The van der Waals surface area contributed by atoms with E-state index in [-0.39, 0.29) is 12.2 Å². The van der Waals surface area contributed by atoms with Crippen LogP contribution in [0.15, 0.2) is 78.9 Å². The third-order valence-electron chi connectivity index (χ3n) is 5.94. The van der Waals surface area contributed by atoms with Crippen LogP contribution in [-0.4, -0.2) is 23.3 Å². The Morgan fingerprint density at radius 2 is 1.52 bits per heavy atom. The second-order valence-corrected chi connectivity index (χ2v) is 8.12. The van der Waals surface area contributed by atoms with Gasteiger partial charge in [0.1, 0.15) is 0 Å². The fourth-order valence-electron chi connectivity index (χ4n) is 4.27. The molecule has 0 radical (unpaired) electrons. The minimum atomic E-state index is -1.84. The number of carbonyl (C=O) groups is 2. The standard InChI is InChI=1S/C27H27NO3/c1-2-8-20-13-15-22(16-14-20)25(29)19-27(31)23-11-6-7-12-24(23)28(26(27)30)18-17-21-9-4-3-5-10-21/h3-7,9-16,31H,2,8,17-19H2,1H3. The number of amides is 1. The van der Waals surface area contributed by atoms with E-state index in [2.05, 4.69) is 6.92 Å². The third-order valence-corrected chi connectivity index (χ3v) is 5.94. The van der Waals surface area contributed by atoms with E-state index in [1.165, 1.54) is 5.56 Å². The largest absolute Gasteiger partial charge is 0.375 e. The minimum Gasteiger partial charge on any atom is -0.375 e. The van der Waals surface area contributed by atoms with Gasteiger partial charge in [-0.05, 0) is 30.0 Å². The fraction of sp³-hybridized carbons (Fsp3) is 0.259. The summed E-state index contributed by atoms with van der Waals surface area (Å²) in [4.78, 5) is 27.9. The Balaban J connectivity index is 1.56. The SMILES string of the molecule is CCCc1ccc(C(=O)CC2(O)C(=O)N(CCc3ccccc3)c3ccccc32)cc1. The molecule has 1 aliphatic heterocycles. The molecule has 1 aliphatic rings. The minimum absolute atomic E-state index is 0.237. The van der Waals surface area contributed by atoms with E-state index >= 15 is 0 Å². The summed E-state index contributed by atoms with van der Waals surface area (Å²) >= 11 is 0. The first-order valence-electron chi connectivity index (χ1n) is 10.8. The van der Waals surface area contributed by atoms with Gasteiger partial charge in [0.2, 0.25) is 0 Å². The number of para-hydroxylation sites is 1. The lowest BCUT2D eigenvalue weighted by molar-refractivity contribution is -0.135. The summed E-state index contributed by atoms with van der Waals surface area (Å²) in [6.45, 7) is 2.56. The van der Waals surface area contributed by atoms with Crippen molar-refractivity contribution in [2.24, 2.45) is 0 Å². The van der Waals surface area contributed by atoms with Gasteiger partial charge in [0.15, 0.2) is 11.4 Å². The third kappa shape index (κ3) is 4.17. The lowest BCUT2D eigenvalue weighted by Crippen LogP contribution is -2.42. The number of carbonyl (C=O) groups excluding carboxylic acids is 2. The van der Waals surface area contributed by atoms with Gasteiger partial charge < -0.3 is 10.0 Å². The van der Waals surface area contributed by atoms with Crippen LogP contribution in [-0.2, 0) is 23.2 Å². The molecule has 4 nitrogen and oxygen atoms in total. The molecule has 31 heavy (non-hydrogen) atoms. The van der Waals surface area contributed by atoms with E-state index in [0.717, 1.165) is 18.4 Å². The topological polar surface area (TPSA) is 57.6 Å². The number of hydrogen-bond donors (Lipinski definition) is 1. The number of rotatable bonds is 8. The van der Waals surface area contributed by atoms with Crippen LogP contribution in [0.25, 0.3) is 0 Å². The first-order chi connectivity index (χ1) is 15.0. The number of ketones is 1. The number of nitrogens with zero attached hydrogens (tertiary/aromatic N) is 1. The number of Topliss-reactive ketones (excluding diaryl/α,β-unsaturated/α-hetero) is 1. The number of anilines is 1. The van der Waals surface area contributed by atoms with Gasteiger partial charge in [-0.2, -0.15) is 0 Å². The van der Waals surface area contributed by atoms with Gasteiger partial charge in [0.05, 0.1) is 12.1 Å². The monoisotopic (exact) mass is 413 g/mol. The molecule has 0 bridgehead atoms. The van der Waals surface area contributed by atoms with E-state index < -0.39 is 11.5 Å². The molecule has 3 aromatic rings. The Morgan fingerprint density at radius 1 is 0.871 bits per heavy atom. The van der Waals surface area contributed by atoms with Crippen molar-refractivity contribution in [1.82, 2.24) is 0 Å². The Hall–Kier alpha value is -3.24. The molecule has 1 N–H and O–H groups in total. The second-order valence-electron chi connectivity index (χ2n) is 8.12. The quantitative estimate of drug-likeness (QED) is 0.545. The van der Waals surface area contributed by atoms with Gasteiger partial charge in [-0.1, -0.05) is 86.1 Å². The summed E-state index contributed by atoms with van der Waals surface area (Å²) in [5, 5.41) is 11.4. The van der Waals surface area contributed by atoms with Crippen LogP contribution in [0, 0.1) is 0 Å². The van der Waals surface area contributed by atoms with Gasteiger partial charge in [-0.15, -0.1) is 0 Å². The van der Waals surface area contributed by atoms with Gasteiger partial charge in [-0.25, -0.2) is 0 Å². The maximum atomic E-state index is 13.3. The van der Waals surface area contributed by atoms with Crippen LogP contribution >= 0.6 is 0 Å². The fourth-order valence-corrected chi connectivity index (χ4v) is 4.27. The van der Waals surface area contributed by atoms with Crippen molar-refractivity contribution in [3.05, 3.63) is 101 Å². The normalized spacial score (nSPS) is 17.6. The van der Waals surface area contributed by atoms with E-state index in [4.69, 9.17) is 0 Å². The average molecular weight is 414 g/mol. The zero-order valence-corrected chi connectivity index (χ0v) is 17.8. The molecule has 0 spiro atoms. The van der Waals surface area contributed by atoms with Crippen LogP contribution < -0.4 is 4.90 Å². The van der Waals surface area contributed by atoms with Crippen molar-refractivity contribution in [3.8, 4) is 0 Å². The highest BCUT2D eigenvalue weighted by molar-refractivity contribution is 6.10.